The summed E-state index contributed by atoms with van der Waals surface area (Å²) in [7, 11) is 0. The molecule has 10 heteroatoms. The van der Waals surface area contributed by atoms with E-state index >= 15 is 0 Å². The Hall–Kier alpha value is -4.95. The predicted molar refractivity (Wildman–Crippen MR) is 200 cm³/mol. The van der Waals surface area contributed by atoms with Crippen molar-refractivity contribution in [3.63, 3.8) is 0 Å². The van der Waals surface area contributed by atoms with Gasteiger partial charge in [-0.05, 0) is 90.9 Å². The number of amides is 3. The molecule has 0 radical (unpaired) electrons. The number of carbonyl (C=O) groups is 3. The summed E-state index contributed by atoms with van der Waals surface area (Å²) in [5.41, 5.74) is 4.15. The first kappa shape index (κ1) is 33.9. The average molecular weight is 748 g/mol. The zero-order valence-electron chi connectivity index (χ0n) is 26.2. The quantitative estimate of drug-likeness (QED) is 0.0975. The van der Waals surface area contributed by atoms with Gasteiger partial charge in [0, 0.05) is 25.5 Å². The molecule has 1 aromatic heterocycles. The summed E-state index contributed by atoms with van der Waals surface area (Å²) in [6.45, 7) is 0. The second kappa shape index (κ2) is 16.0. The van der Waals surface area contributed by atoms with Crippen LogP contribution < -0.4 is 16.0 Å². The Balaban J connectivity index is 1.24. The molecule has 6 rings (SSSR count). The van der Waals surface area contributed by atoms with Crippen molar-refractivity contribution in [2.45, 2.75) is 35.8 Å². The number of carbonyl (C=O) groups excluding carboxylic acids is 3. The summed E-state index contributed by atoms with van der Waals surface area (Å²) in [4.78, 5) is 42.6. The molecule has 244 valence electrons. The standard InChI is InChI=1S/C39H31BrN4O3S2/c40-28-16-9-11-25(21-28)22-33(43-36(45)27-14-5-2-6-15-27)37(46)42-29-17-10-18-30(23-29)48-35(26-12-3-1-4-13-26)38(47)44-39-32(24-41)31-19-7-8-20-34(31)49-39/h1-6,9-18,21-23,35H,7-8,19-20H2,(H,42,46)(H,43,45)(H,44,47)/b33-22+. The SMILES string of the molecule is N#Cc1c(NC(=O)C(Sc2cccc(NC(=O)/C(=C\c3cccc(Br)c3)NC(=O)c3ccccc3)c2)c2ccccc2)sc2c1CCCC2. The van der Waals surface area contributed by atoms with Gasteiger partial charge >= 0.3 is 0 Å². The van der Waals surface area contributed by atoms with Crippen LogP contribution in [0.15, 0.2) is 124 Å². The van der Waals surface area contributed by atoms with E-state index in [9.17, 15) is 19.6 Å². The van der Waals surface area contributed by atoms with Crippen LogP contribution in [0.3, 0.4) is 0 Å². The highest BCUT2D eigenvalue weighted by atomic mass is 79.9. The van der Waals surface area contributed by atoms with Gasteiger partial charge in [0.2, 0.25) is 5.91 Å². The third-order valence-corrected chi connectivity index (χ3v) is 10.8. The third-order valence-electron chi connectivity index (χ3n) is 7.89. The van der Waals surface area contributed by atoms with Gasteiger partial charge < -0.3 is 16.0 Å². The van der Waals surface area contributed by atoms with E-state index in [1.54, 1.807) is 48.5 Å². The van der Waals surface area contributed by atoms with Crippen LogP contribution in [0.4, 0.5) is 10.7 Å². The Morgan fingerprint density at radius 1 is 0.857 bits per heavy atom. The fourth-order valence-corrected chi connectivity index (χ4v) is 8.28. The monoisotopic (exact) mass is 746 g/mol. The second-order valence-electron chi connectivity index (χ2n) is 11.3. The number of aryl methyl sites for hydroxylation is 1. The van der Waals surface area contributed by atoms with Crippen LogP contribution in [0.25, 0.3) is 6.08 Å². The Morgan fingerprint density at radius 3 is 2.35 bits per heavy atom. The lowest BCUT2D eigenvalue weighted by atomic mass is 9.96. The largest absolute Gasteiger partial charge is 0.321 e. The van der Waals surface area contributed by atoms with E-state index in [1.807, 2.05) is 66.7 Å². The summed E-state index contributed by atoms with van der Waals surface area (Å²) in [6, 6.07) is 35.1. The second-order valence-corrected chi connectivity index (χ2v) is 14.5. The number of hydrogen-bond donors (Lipinski definition) is 3. The van der Waals surface area contributed by atoms with E-state index in [0.717, 1.165) is 51.7 Å². The Kier molecular flexibility index (Phi) is 11.1. The highest BCUT2D eigenvalue weighted by Gasteiger charge is 2.27. The zero-order valence-corrected chi connectivity index (χ0v) is 29.5. The maximum Gasteiger partial charge on any atom is 0.272 e. The van der Waals surface area contributed by atoms with E-state index in [4.69, 9.17) is 0 Å². The minimum absolute atomic E-state index is 0.0680. The number of thioether (sulfide) groups is 1. The smallest absolute Gasteiger partial charge is 0.272 e. The highest BCUT2D eigenvalue weighted by molar-refractivity contribution is 9.10. The van der Waals surface area contributed by atoms with Crippen molar-refractivity contribution >= 4 is 73.5 Å². The van der Waals surface area contributed by atoms with E-state index < -0.39 is 17.1 Å². The molecule has 3 amide bonds. The van der Waals surface area contributed by atoms with Gasteiger partial charge in [-0.25, -0.2) is 0 Å². The Labute approximate surface area is 301 Å². The summed E-state index contributed by atoms with van der Waals surface area (Å²) >= 11 is 6.31. The molecule has 49 heavy (non-hydrogen) atoms. The first-order valence-corrected chi connectivity index (χ1v) is 18.2. The van der Waals surface area contributed by atoms with Crippen LogP contribution in [0.5, 0.6) is 0 Å². The molecule has 0 spiro atoms. The number of nitrogens with zero attached hydrogens (tertiary/aromatic N) is 1. The van der Waals surface area contributed by atoms with Gasteiger partial charge in [-0.3, -0.25) is 14.4 Å². The maximum absolute atomic E-state index is 13.9. The minimum atomic E-state index is -0.630. The van der Waals surface area contributed by atoms with E-state index in [2.05, 4.69) is 37.9 Å². The van der Waals surface area contributed by atoms with Crippen molar-refractivity contribution in [2.24, 2.45) is 0 Å². The normalized spacial score (nSPS) is 13.0. The molecule has 1 aliphatic rings. The molecule has 3 N–H and O–H groups in total. The summed E-state index contributed by atoms with van der Waals surface area (Å²) < 4.78 is 0.833. The number of halogens is 1. The lowest BCUT2D eigenvalue weighted by molar-refractivity contribution is -0.116. The topological polar surface area (TPSA) is 111 Å². The van der Waals surface area contributed by atoms with Gasteiger partial charge in [0.05, 0.1) is 5.56 Å². The van der Waals surface area contributed by atoms with Crippen LogP contribution in [-0.2, 0) is 22.4 Å². The van der Waals surface area contributed by atoms with Crippen LogP contribution in [0.2, 0.25) is 0 Å². The lowest BCUT2D eigenvalue weighted by Crippen LogP contribution is -2.30. The molecule has 4 aromatic carbocycles. The molecule has 1 unspecified atom stereocenters. The molecule has 1 atom stereocenters. The number of thiophene rings is 1. The van der Waals surface area contributed by atoms with Crippen LogP contribution in [0.1, 0.15) is 55.6 Å². The number of nitriles is 1. The molecular weight excluding hydrogens is 716 g/mol. The fraction of sp³-hybridized carbons (Fsp3) is 0.128. The van der Waals surface area contributed by atoms with E-state index in [1.165, 1.54) is 28.0 Å². The lowest BCUT2D eigenvalue weighted by Gasteiger charge is -2.17. The number of fused-ring (bicyclic) bond motifs is 1. The summed E-state index contributed by atoms with van der Waals surface area (Å²) in [5, 5.41) is 18.7. The number of anilines is 2. The number of rotatable bonds is 10. The fourth-order valence-electron chi connectivity index (χ4n) is 5.54. The number of nitrogens with one attached hydrogen (secondary N) is 3. The molecule has 1 aliphatic carbocycles. The van der Waals surface area contributed by atoms with Crippen LogP contribution >= 0.6 is 39.0 Å². The van der Waals surface area contributed by atoms with E-state index in [-0.39, 0.29) is 11.6 Å². The van der Waals surface area contributed by atoms with Crippen LogP contribution in [-0.4, -0.2) is 17.7 Å². The first-order chi connectivity index (χ1) is 23.9. The molecule has 0 saturated heterocycles. The minimum Gasteiger partial charge on any atom is -0.321 e. The molecule has 7 nitrogen and oxygen atoms in total. The molecule has 0 fully saturated rings. The molecule has 1 heterocycles. The molecule has 0 bridgehead atoms. The molecular formula is C39H31BrN4O3S2. The summed E-state index contributed by atoms with van der Waals surface area (Å²) in [6.07, 6.45) is 5.53. The first-order valence-electron chi connectivity index (χ1n) is 15.7. The van der Waals surface area contributed by atoms with Gasteiger partial charge in [0.25, 0.3) is 11.8 Å². The molecule has 0 aliphatic heterocycles. The van der Waals surface area contributed by atoms with Gasteiger partial charge in [-0.2, -0.15) is 5.26 Å². The van der Waals surface area contributed by atoms with Crippen LogP contribution in [0, 0.1) is 11.3 Å². The molecule has 0 saturated carbocycles. The van der Waals surface area contributed by atoms with Crippen molar-refractivity contribution in [2.75, 3.05) is 10.6 Å². The Bertz CT molecular complexity index is 2070. The Morgan fingerprint density at radius 2 is 1.59 bits per heavy atom. The highest BCUT2D eigenvalue weighted by Crippen LogP contribution is 2.41. The number of hydrogen-bond acceptors (Lipinski definition) is 6. The van der Waals surface area contributed by atoms with Gasteiger partial charge in [-0.1, -0.05) is 82.7 Å². The molecule has 5 aromatic rings. The van der Waals surface area contributed by atoms with Gasteiger partial charge in [0.1, 0.15) is 22.0 Å². The number of benzene rings is 4. The van der Waals surface area contributed by atoms with Crippen molar-refractivity contribution < 1.29 is 14.4 Å². The van der Waals surface area contributed by atoms with Crippen molar-refractivity contribution in [1.29, 1.82) is 5.26 Å². The van der Waals surface area contributed by atoms with Gasteiger partial charge in [-0.15, -0.1) is 23.1 Å². The third kappa shape index (κ3) is 8.56. The van der Waals surface area contributed by atoms with E-state index in [0.29, 0.717) is 21.8 Å². The van der Waals surface area contributed by atoms with Crippen molar-refractivity contribution in [1.82, 2.24) is 5.32 Å². The van der Waals surface area contributed by atoms with Crippen molar-refractivity contribution in [3.05, 3.63) is 152 Å². The van der Waals surface area contributed by atoms with Gasteiger partial charge in [0.15, 0.2) is 0 Å². The predicted octanol–water partition coefficient (Wildman–Crippen LogP) is 9.14. The summed E-state index contributed by atoms with van der Waals surface area (Å²) in [5.74, 6) is -1.15. The zero-order chi connectivity index (χ0) is 34.2. The van der Waals surface area contributed by atoms with Crippen molar-refractivity contribution in [3.8, 4) is 6.07 Å². The average Bonchev–Trinajstić information content (AvgIpc) is 3.48. The maximum atomic E-state index is 13.9.